The van der Waals surface area contributed by atoms with Crippen molar-refractivity contribution in [1.29, 1.82) is 0 Å². The molecule has 1 aromatic heterocycles. The van der Waals surface area contributed by atoms with E-state index < -0.39 is 5.97 Å². The van der Waals surface area contributed by atoms with Gasteiger partial charge in [0.1, 0.15) is 0 Å². The zero-order valence-corrected chi connectivity index (χ0v) is 10.3. The van der Waals surface area contributed by atoms with Gasteiger partial charge in [-0.15, -0.1) is 11.3 Å². The number of thiazole rings is 1. The van der Waals surface area contributed by atoms with Gasteiger partial charge in [0.25, 0.3) is 0 Å². The topological polar surface area (TPSA) is 62.2 Å². The number of hydrogen-bond acceptors (Lipinski definition) is 4. The van der Waals surface area contributed by atoms with Crippen LogP contribution in [0.5, 0.6) is 0 Å². The number of carbonyl (C=O) groups is 1. The molecule has 0 atom stereocenters. The van der Waals surface area contributed by atoms with E-state index >= 15 is 0 Å². The number of rotatable bonds is 5. The summed E-state index contributed by atoms with van der Waals surface area (Å²) in [6.45, 7) is 4.34. The Kier molecular flexibility index (Phi) is 2.88. The molecule has 1 aromatic rings. The maximum atomic E-state index is 10.5. The molecule has 2 N–H and O–H groups in total. The van der Waals surface area contributed by atoms with Crippen molar-refractivity contribution < 1.29 is 9.90 Å². The Labute approximate surface area is 98.7 Å². The Bertz CT molecular complexity index is 396. The van der Waals surface area contributed by atoms with Crippen LogP contribution in [0.25, 0.3) is 0 Å². The molecule has 1 heterocycles. The van der Waals surface area contributed by atoms with Crippen molar-refractivity contribution in [2.45, 2.75) is 38.6 Å². The second-order valence-corrected chi connectivity index (χ2v) is 5.69. The van der Waals surface area contributed by atoms with Crippen molar-refractivity contribution in [3.8, 4) is 0 Å². The van der Waals surface area contributed by atoms with Crippen LogP contribution < -0.4 is 5.32 Å². The Hall–Kier alpha value is -1.10. The molecule has 1 aliphatic rings. The smallest absolute Gasteiger partial charge is 0.309 e. The van der Waals surface area contributed by atoms with Gasteiger partial charge in [0, 0.05) is 10.9 Å². The number of hydrogen-bond donors (Lipinski definition) is 2. The van der Waals surface area contributed by atoms with E-state index in [4.69, 9.17) is 5.11 Å². The van der Waals surface area contributed by atoms with Crippen LogP contribution in [0.15, 0.2) is 5.38 Å². The highest BCUT2D eigenvalue weighted by molar-refractivity contribution is 7.13. The summed E-state index contributed by atoms with van der Waals surface area (Å²) in [7, 11) is 0. The summed E-state index contributed by atoms with van der Waals surface area (Å²) in [5.74, 6) is -0.113. The summed E-state index contributed by atoms with van der Waals surface area (Å²) in [4.78, 5) is 14.8. The zero-order valence-electron chi connectivity index (χ0n) is 9.49. The fraction of sp³-hybridized carbons (Fsp3) is 0.636. The first-order valence-electron chi connectivity index (χ1n) is 5.42. The molecule has 1 fully saturated rings. The number of aliphatic carboxylic acids is 1. The summed E-state index contributed by atoms with van der Waals surface area (Å²) in [6.07, 6.45) is 2.54. The lowest BCUT2D eigenvalue weighted by molar-refractivity contribution is -0.136. The molecular formula is C11H16N2O2S. The molecule has 0 aromatic carbocycles. The monoisotopic (exact) mass is 240 g/mol. The summed E-state index contributed by atoms with van der Waals surface area (Å²) >= 11 is 1.48. The molecule has 0 spiro atoms. The molecule has 4 nitrogen and oxygen atoms in total. The van der Waals surface area contributed by atoms with Crippen molar-refractivity contribution in [2.24, 2.45) is 5.92 Å². The Morgan fingerprint density at radius 1 is 1.69 bits per heavy atom. The lowest BCUT2D eigenvalue weighted by Crippen LogP contribution is -2.33. The molecule has 16 heavy (non-hydrogen) atoms. The highest BCUT2D eigenvalue weighted by Gasteiger charge is 2.38. The number of aromatic nitrogens is 1. The fourth-order valence-corrected chi connectivity index (χ4v) is 2.66. The van der Waals surface area contributed by atoms with E-state index in [0.717, 1.165) is 11.0 Å². The summed E-state index contributed by atoms with van der Waals surface area (Å²) in [5, 5.41) is 14.7. The lowest BCUT2D eigenvalue weighted by Gasteiger charge is -2.25. The van der Waals surface area contributed by atoms with E-state index in [9.17, 15) is 4.79 Å². The highest BCUT2D eigenvalue weighted by atomic mass is 32.1. The summed E-state index contributed by atoms with van der Waals surface area (Å²) in [6, 6.07) is 0. The van der Waals surface area contributed by atoms with Gasteiger partial charge in [-0.1, -0.05) is 0 Å². The van der Waals surface area contributed by atoms with Crippen molar-refractivity contribution in [2.75, 3.05) is 5.32 Å². The first-order chi connectivity index (χ1) is 7.47. The first kappa shape index (κ1) is 11.4. The van der Waals surface area contributed by atoms with Crippen LogP contribution in [-0.4, -0.2) is 21.6 Å². The third kappa shape index (κ3) is 2.72. The van der Waals surface area contributed by atoms with Gasteiger partial charge < -0.3 is 10.4 Å². The van der Waals surface area contributed by atoms with Gasteiger partial charge in [-0.05, 0) is 32.6 Å². The van der Waals surface area contributed by atoms with Gasteiger partial charge >= 0.3 is 5.97 Å². The first-order valence-corrected chi connectivity index (χ1v) is 6.30. The van der Waals surface area contributed by atoms with E-state index in [0.29, 0.717) is 5.69 Å². The Morgan fingerprint density at radius 2 is 2.38 bits per heavy atom. The Morgan fingerprint density at radius 3 is 2.94 bits per heavy atom. The van der Waals surface area contributed by atoms with Crippen LogP contribution >= 0.6 is 11.3 Å². The van der Waals surface area contributed by atoms with E-state index in [1.54, 1.807) is 5.38 Å². The molecule has 1 aliphatic carbocycles. The van der Waals surface area contributed by atoms with Crippen molar-refractivity contribution in [3.63, 3.8) is 0 Å². The molecule has 0 saturated heterocycles. The third-order valence-corrected chi connectivity index (χ3v) is 3.72. The normalized spacial score (nSPS) is 16.1. The minimum Gasteiger partial charge on any atom is -0.481 e. The number of carboxylic acid groups (broad SMARTS) is 1. The van der Waals surface area contributed by atoms with E-state index in [1.807, 2.05) is 0 Å². The van der Waals surface area contributed by atoms with Gasteiger partial charge in [-0.3, -0.25) is 4.79 Å². The molecule has 0 radical (unpaired) electrons. The van der Waals surface area contributed by atoms with Gasteiger partial charge in [-0.25, -0.2) is 4.98 Å². The molecule has 2 rings (SSSR count). The zero-order chi connectivity index (χ0) is 11.8. The fourth-order valence-electron chi connectivity index (χ4n) is 1.78. The summed E-state index contributed by atoms with van der Waals surface area (Å²) < 4.78 is 0. The minimum atomic E-state index is -0.835. The van der Waals surface area contributed by atoms with Crippen LogP contribution in [-0.2, 0) is 11.2 Å². The SMILES string of the molecule is CC(C)(Nc1nc(CC(=O)O)cs1)C1CC1. The number of anilines is 1. The van der Waals surface area contributed by atoms with Crippen LogP contribution in [0.1, 0.15) is 32.4 Å². The van der Waals surface area contributed by atoms with E-state index in [2.05, 4.69) is 24.1 Å². The van der Waals surface area contributed by atoms with E-state index in [1.165, 1.54) is 24.2 Å². The van der Waals surface area contributed by atoms with Crippen LogP contribution in [0.2, 0.25) is 0 Å². The standard InChI is InChI=1S/C11H16N2O2S/c1-11(2,7-3-4-7)13-10-12-8(6-16-10)5-9(14)15/h6-7H,3-5H2,1-2H3,(H,12,13)(H,14,15). The quantitative estimate of drug-likeness (QED) is 0.829. The van der Waals surface area contributed by atoms with Gasteiger partial charge in [0.15, 0.2) is 5.13 Å². The largest absolute Gasteiger partial charge is 0.481 e. The second-order valence-electron chi connectivity index (χ2n) is 4.84. The molecule has 0 unspecified atom stereocenters. The number of carboxylic acids is 1. The maximum absolute atomic E-state index is 10.5. The van der Waals surface area contributed by atoms with Crippen molar-refractivity contribution in [1.82, 2.24) is 4.98 Å². The minimum absolute atomic E-state index is 0.00202. The van der Waals surface area contributed by atoms with Crippen LogP contribution in [0, 0.1) is 5.92 Å². The predicted octanol–water partition coefficient (Wildman–Crippen LogP) is 2.37. The lowest BCUT2D eigenvalue weighted by atomic mass is 9.99. The Balaban J connectivity index is 1.99. The number of nitrogens with one attached hydrogen (secondary N) is 1. The molecule has 1 saturated carbocycles. The van der Waals surface area contributed by atoms with Gasteiger partial charge in [-0.2, -0.15) is 0 Å². The van der Waals surface area contributed by atoms with E-state index in [-0.39, 0.29) is 12.0 Å². The van der Waals surface area contributed by atoms with Crippen molar-refractivity contribution >= 4 is 22.4 Å². The average Bonchev–Trinajstić information content (AvgIpc) is 2.91. The van der Waals surface area contributed by atoms with Crippen LogP contribution in [0.3, 0.4) is 0 Å². The molecule has 5 heteroatoms. The molecule has 0 amide bonds. The van der Waals surface area contributed by atoms with Gasteiger partial charge in [0.05, 0.1) is 12.1 Å². The van der Waals surface area contributed by atoms with Crippen molar-refractivity contribution in [3.05, 3.63) is 11.1 Å². The molecule has 88 valence electrons. The predicted molar refractivity (Wildman–Crippen MR) is 63.9 cm³/mol. The molecular weight excluding hydrogens is 224 g/mol. The second kappa shape index (κ2) is 4.05. The molecule has 0 bridgehead atoms. The number of nitrogens with zero attached hydrogens (tertiary/aromatic N) is 1. The van der Waals surface area contributed by atoms with Gasteiger partial charge in [0.2, 0.25) is 0 Å². The maximum Gasteiger partial charge on any atom is 0.309 e. The summed E-state index contributed by atoms with van der Waals surface area (Å²) in [5.41, 5.74) is 0.699. The molecule has 0 aliphatic heterocycles. The third-order valence-electron chi connectivity index (χ3n) is 2.91. The highest BCUT2D eigenvalue weighted by Crippen LogP contribution is 2.41. The van der Waals surface area contributed by atoms with Crippen LogP contribution in [0.4, 0.5) is 5.13 Å². The average molecular weight is 240 g/mol.